The third kappa shape index (κ3) is 3.92. The summed E-state index contributed by atoms with van der Waals surface area (Å²) >= 11 is 5.55. The highest BCUT2D eigenvalue weighted by Crippen LogP contribution is 2.18. The van der Waals surface area contributed by atoms with Crippen LogP contribution in [0.2, 0.25) is 5.02 Å². The third-order valence-corrected chi connectivity index (χ3v) is 3.08. The van der Waals surface area contributed by atoms with Crippen LogP contribution in [0.15, 0.2) is 18.2 Å². The molecular formula is C13H15ClFNO3. The Morgan fingerprint density at radius 1 is 1.47 bits per heavy atom. The van der Waals surface area contributed by atoms with Gasteiger partial charge in [0.1, 0.15) is 5.82 Å². The number of nitrogens with zero attached hydrogens (tertiary/aromatic N) is 1. The highest BCUT2D eigenvalue weighted by atomic mass is 35.5. The molecule has 0 aliphatic heterocycles. The molecule has 6 heteroatoms. The lowest BCUT2D eigenvalue weighted by Gasteiger charge is -2.27. The fourth-order valence-electron chi connectivity index (χ4n) is 1.81. The van der Waals surface area contributed by atoms with Crippen molar-refractivity contribution >= 4 is 23.5 Å². The van der Waals surface area contributed by atoms with Gasteiger partial charge < -0.3 is 10.0 Å². The molecule has 0 heterocycles. The smallest absolute Gasteiger partial charge is 0.305 e. The maximum absolute atomic E-state index is 13.3. The molecule has 1 atom stereocenters. The second kappa shape index (κ2) is 6.52. The van der Waals surface area contributed by atoms with Crippen LogP contribution in [0, 0.1) is 5.82 Å². The maximum atomic E-state index is 13.3. The molecule has 1 unspecified atom stereocenters. The van der Waals surface area contributed by atoms with Crippen LogP contribution in [-0.2, 0) is 4.79 Å². The van der Waals surface area contributed by atoms with Gasteiger partial charge in [-0.1, -0.05) is 11.6 Å². The number of amides is 1. The summed E-state index contributed by atoms with van der Waals surface area (Å²) in [6.45, 7) is 3.72. The van der Waals surface area contributed by atoms with Crippen LogP contribution < -0.4 is 0 Å². The summed E-state index contributed by atoms with van der Waals surface area (Å²) in [7, 11) is 0. The van der Waals surface area contributed by atoms with Crippen molar-refractivity contribution in [2.24, 2.45) is 0 Å². The van der Waals surface area contributed by atoms with E-state index in [9.17, 15) is 14.0 Å². The Bertz CT molecular complexity index is 493. The van der Waals surface area contributed by atoms with E-state index in [4.69, 9.17) is 16.7 Å². The van der Waals surface area contributed by atoms with Gasteiger partial charge in [-0.05, 0) is 32.0 Å². The van der Waals surface area contributed by atoms with Gasteiger partial charge in [-0.3, -0.25) is 9.59 Å². The second-order valence-corrected chi connectivity index (χ2v) is 4.57. The first kappa shape index (κ1) is 15.4. The van der Waals surface area contributed by atoms with Crippen molar-refractivity contribution in [2.45, 2.75) is 26.3 Å². The van der Waals surface area contributed by atoms with Gasteiger partial charge in [0.25, 0.3) is 5.91 Å². The van der Waals surface area contributed by atoms with E-state index in [2.05, 4.69) is 0 Å². The Morgan fingerprint density at radius 2 is 2.11 bits per heavy atom. The summed E-state index contributed by atoms with van der Waals surface area (Å²) in [5.41, 5.74) is 0.154. The minimum Gasteiger partial charge on any atom is -0.481 e. The van der Waals surface area contributed by atoms with Crippen LogP contribution in [0.1, 0.15) is 30.6 Å². The second-order valence-electron chi connectivity index (χ2n) is 4.17. The van der Waals surface area contributed by atoms with Crippen molar-refractivity contribution in [1.82, 2.24) is 4.90 Å². The molecule has 104 valence electrons. The molecule has 1 aromatic carbocycles. The quantitative estimate of drug-likeness (QED) is 0.906. The SMILES string of the molecule is CCN(C(=O)c1ccc(Cl)c(F)c1)C(C)CC(=O)O. The summed E-state index contributed by atoms with van der Waals surface area (Å²) in [5.74, 6) is -2.07. The lowest BCUT2D eigenvalue weighted by molar-refractivity contribution is -0.138. The maximum Gasteiger partial charge on any atom is 0.305 e. The molecule has 0 aliphatic carbocycles. The molecule has 1 N–H and O–H groups in total. The zero-order valence-corrected chi connectivity index (χ0v) is 11.4. The Hall–Kier alpha value is -1.62. The van der Waals surface area contributed by atoms with Crippen LogP contribution in [0.3, 0.4) is 0 Å². The fourth-order valence-corrected chi connectivity index (χ4v) is 1.93. The lowest BCUT2D eigenvalue weighted by Crippen LogP contribution is -2.39. The summed E-state index contributed by atoms with van der Waals surface area (Å²) in [6, 6.07) is 3.32. The summed E-state index contributed by atoms with van der Waals surface area (Å²) < 4.78 is 13.3. The zero-order valence-electron chi connectivity index (χ0n) is 10.7. The van der Waals surface area contributed by atoms with E-state index in [1.165, 1.54) is 17.0 Å². The molecule has 1 rings (SSSR count). The molecule has 0 spiro atoms. The van der Waals surface area contributed by atoms with Crippen molar-refractivity contribution in [3.05, 3.63) is 34.6 Å². The van der Waals surface area contributed by atoms with E-state index in [0.717, 1.165) is 6.07 Å². The fraction of sp³-hybridized carbons (Fsp3) is 0.385. The van der Waals surface area contributed by atoms with Gasteiger partial charge in [0.2, 0.25) is 0 Å². The highest BCUT2D eigenvalue weighted by Gasteiger charge is 2.22. The standard InChI is InChI=1S/C13H15ClFNO3/c1-3-16(8(2)6-12(17)18)13(19)9-4-5-10(14)11(15)7-9/h4-5,7-8H,3,6H2,1-2H3,(H,17,18). The van der Waals surface area contributed by atoms with Gasteiger partial charge >= 0.3 is 5.97 Å². The van der Waals surface area contributed by atoms with Gasteiger partial charge in [-0.15, -0.1) is 0 Å². The average Bonchev–Trinajstić information content (AvgIpc) is 2.32. The summed E-state index contributed by atoms with van der Waals surface area (Å²) in [5, 5.41) is 8.69. The molecule has 0 saturated heterocycles. The predicted octanol–water partition coefficient (Wildman–Crippen LogP) is 2.80. The molecule has 0 fully saturated rings. The van der Waals surface area contributed by atoms with Gasteiger partial charge in [0.05, 0.1) is 11.4 Å². The minimum atomic E-state index is -0.985. The number of carbonyl (C=O) groups is 2. The van der Waals surface area contributed by atoms with Gasteiger partial charge in [-0.25, -0.2) is 4.39 Å². The van der Waals surface area contributed by atoms with Crippen molar-refractivity contribution < 1.29 is 19.1 Å². The van der Waals surface area contributed by atoms with Crippen LogP contribution in [0.25, 0.3) is 0 Å². The number of hydrogen-bond donors (Lipinski definition) is 1. The van der Waals surface area contributed by atoms with Crippen molar-refractivity contribution in [3.63, 3.8) is 0 Å². The average molecular weight is 288 g/mol. The third-order valence-electron chi connectivity index (χ3n) is 2.77. The number of carboxylic acid groups (broad SMARTS) is 1. The number of carbonyl (C=O) groups excluding carboxylic acids is 1. The van der Waals surface area contributed by atoms with E-state index in [1.54, 1.807) is 13.8 Å². The number of carboxylic acids is 1. The molecule has 1 aromatic rings. The van der Waals surface area contributed by atoms with Gasteiger partial charge in [-0.2, -0.15) is 0 Å². The predicted molar refractivity (Wildman–Crippen MR) is 69.8 cm³/mol. The number of halogens is 2. The monoisotopic (exact) mass is 287 g/mol. The molecule has 1 amide bonds. The molecule has 0 bridgehead atoms. The van der Waals surface area contributed by atoms with E-state index < -0.39 is 23.7 Å². The molecule has 0 radical (unpaired) electrons. The molecule has 0 aromatic heterocycles. The summed E-state index contributed by atoms with van der Waals surface area (Å²) in [4.78, 5) is 24.2. The Balaban J connectivity index is 2.94. The molecule has 19 heavy (non-hydrogen) atoms. The van der Waals surface area contributed by atoms with E-state index in [1.807, 2.05) is 0 Å². The molecular weight excluding hydrogens is 273 g/mol. The Morgan fingerprint density at radius 3 is 2.58 bits per heavy atom. The first-order valence-corrected chi connectivity index (χ1v) is 6.22. The van der Waals surface area contributed by atoms with Crippen molar-refractivity contribution in [2.75, 3.05) is 6.54 Å². The largest absolute Gasteiger partial charge is 0.481 e. The topological polar surface area (TPSA) is 57.6 Å². The Kier molecular flexibility index (Phi) is 5.30. The van der Waals surface area contributed by atoms with Crippen LogP contribution in [0.5, 0.6) is 0 Å². The molecule has 0 aliphatic rings. The zero-order chi connectivity index (χ0) is 14.6. The van der Waals surface area contributed by atoms with Crippen molar-refractivity contribution in [3.8, 4) is 0 Å². The van der Waals surface area contributed by atoms with Crippen LogP contribution in [0.4, 0.5) is 4.39 Å². The number of benzene rings is 1. The van der Waals surface area contributed by atoms with Crippen LogP contribution >= 0.6 is 11.6 Å². The van der Waals surface area contributed by atoms with E-state index >= 15 is 0 Å². The Labute approximate surface area is 115 Å². The lowest BCUT2D eigenvalue weighted by atomic mass is 10.1. The number of rotatable bonds is 5. The number of hydrogen-bond acceptors (Lipinski definition) is 2. The first-order chi connectivity index (χ1) is 8.86. The van der Waals surface area contributed by atoms with Gasteiger partial charge in [0.15, 0.2) is 0 Å². The van der Waals surface area contributed by atoms with E-state index in [-0.39, 0.29) is 17.0 Å². The van der Waals surface area contributed by atoms with Crippen LogP contribution in [-0.4, -0.2) is 34.5 Å². The molecule has 4 nitrogen and oxygen atoms in total. The minimum absolute atomic E-state index is 0.0572. The summed E-state index contributed by atoms with van der Waals surface area (Å²) in [6.07, 6.45) is -0.157. The van der Waals surface area contributed by atoms with Crippen molar-refractivity contribution in [1.29, 1.82) is 0 Å². The highest BCUT2D eigenvalue weighted by molar-refractivity contribution is 6.30. The number of aliphatic carboxylic acids is 1. The first-order valence-electron chi connectivity index (χ1n) is 5.84. The normalized spacial score (nSPS) is 12.0. The molecule has 0 saturated carbocycles. The van der Waals surface area contributed by atoms with E-state index in [0.29, 0.717) is 6.54 Å². The van der Waals surface area contributed by atoms with Gasteiger partial charge in [0, 0.05) is 18.2 Å².